The van der Waals surface area contributed by atoms with Crippen LogP contribution in [0.3, 0.4) is 0 Å². The van der Waals surface area contributed by atoms with Crippen molar-refractivity contribution in [3.05, 3.63) is 59.3 Å². The van der Waals surface area contributed by atoms with Crippen LogP contribution in [0.2, 0.25) is 5.02 Å². The standard InChI is InChI=1S/C18H20ClN5O/c1-23-10-13(7-22-23)6-20-8-16-11-24-17(9-21-18(24)12-25-16)14-3-2-4-15(19)5-14/h2-5,7,9-10,16,20H,6,8,11-12H2,1H3. The molecule has 1 atom stereocenters. The number of imidazole rings is 1. The highest BCUT2D eigenvalue weighted by molar-refractivity contribution is 6.30. The molecule has 0 bridgehead atoms. The number of nitrogens with one attached hydrogen (secondary N) is 1. The summed E-state index contributed by atoms with van der Waals surface area (Å²) in [5.74, 6) is 0.957. The molecule has 1 unspecified atom stereocenters. The summed E-state index contributed by atoms with van der Waals surface area (Å²) in [6.45, 7) is 2.87. The monoisotopic (exact) mass is 357 g/mol. The lowest BCUT2D eigenvalue weighted by atomic mass is 10.1. The number of fused-ring (bicyclic) bond motifs is 1. The van der Waals surface area contributed by atoms with E-state index in [0.717, 1.165) is 41.7 Å². The lowest BCUT2D eigenvalue weighted by molar-refractivity contribution is 0.00326. The van der Waals surface area contributed by atoms with Gasteiger partial charge in [-0.15, -0.1) is 0 Å². The maximum Gasteiger partial charge on any atom is 0.135 e. The van der Waals surface area contributed by atoms with E-state index in [4.69, 9.17) is 16.3 Å². The highest BCUT2D eigenvalue weighted by atomic mass is 35.5. The van der Waals surface area contributed by atoms with Crippen LogP contribution >= 0.6 is 11.6 Å². The zero-order chi connectivity index (χ0) is 17.2. The summed E-state index contributed by atoms with van der Waals surface area (Å²) in [6, 6.07) is 7.87. The predicted molar refractivity (Wildman–Crippen MR) is 96.2 cm³/mol. The Kier molecular flexibility index (Phi) is 4.57. The van der Waals surface area contributed by atoms with Crippen molar-refractivity contribution in [2.45, 2.75) is 25.8 Å². The third-order valence-corrected chi connectivity index (χ3v) is 4.59. The van der Waals surface area contributed by atoms with Gasteiger partial charge in [0.05, 0.1) is 30.7 Å². The quantitative estimate of drug-likeness (QED) is 0.762. The molecule has 1 aromatic carbocycles. The molecule has 130 valence electrons. The molecule has 0 saturated carbocycles. The summed E-state index contributed by atoms with van der Waals surface area (Å²) in [5.41, 5.74) is 3.33. The lowest BCUT2D eigenvalue weighted by Gasteiger charge is -2.26. The van der Waals surface area contributed by atoms with Gasteiger partial charge >= 0.3 is 0 Å². The first-order valence-electron chi connectivity index (χ1n) is 8.29. The molecule has 3 heterocycles. The molecule has 1 N–H and O–H groups in total. The molecule has 0 amide bonds. The van der Waals surface area contributed by atoms with Crippen LogP contribution in [0.15, 0.2) is 42.9 Å². The molecule has 1 aliphatic rings. The van der Waals surface area contributed by atoms with E-state index < -0.39 is 0 Å². The van der Waals surface area contributed by atoms with Crippen molar-refractivity contribution in [2.75, 3.05) is 6.54 Å². The van der Waals surface area contributed by atoms with E-state index in [2.05, 4.69) is 26.0 Å². The Balaban J connectivity index is 1.43. The number of benzene rings is 1. The first-order chi connectivity index (χ1) is 12.2. The van der Waals surface area contributed by atoms with Crippen molar-refractivity contribution >= 4 is 11.6 Å². The predicted octanol–water partition coefficient (Wildman–Crippen LogP) is 2.63. The van der Waals surface area contributed by atoms with Crippen LogP contribution in [-0.4, -0.2) is 32.0 Å². The van der Waals surface area contributed by atoms with Crippen LogP contribution in [0.25, 0.3) is 11.3 Å². The van der Waals surface area contributed by atoms with Crippen LogP contribution in [0.4, 0.5) is 0 Å². The first-order valence-corrected chi connectivity index (χ1v) is 8.67. The third-order valence-electron chi connectivity index (χ3n) is 4.35. The van der Waals surface area contributed by atoms with Gasteiger partial charge in [0.15, 0.2) is 0 Å². The van der Waals surface area contributed by atoms with Crippen molar-refractivity contribution in [1.29, 1.82) is 0 Å². The summed E-state index contributed by atoms with van der Waals surface area (Å²) in [6.07, 6.45) is 5.90. The number of hydrogen-bond donors (Lipinski definition) is 1. The summed E-state index contributed by atoms with van der Waals surface area (Å²) in [5, 5.41) is 8.35. The average molecular weight is 358 g/mol. The van der Waals surface area contributed by atoms with E-state index in [9.17, 15) is 0 Å². The Morgan fingerprint density at radius 1 is 1.36 bits per heavy atom. The van der Waals surface area contributed by atoms with Gasteiger partial charge in [-0.3, -0.25) is 4.68 Å². The fourth-order valence-corrected chi connectivity index (χ4v) is 3.31. The molecule has 25 heavy (non-hydrogen) atoms. The van der Waals surface area contributed by atoms with Crippen molar-refractivity contribution in [1.82, 2.24) is 24.6 Å². The Morgan fingerprint density at radius 3 is 3.08 bits per heavy atom. The summed E-state index contributed by atoms with van der Waals surface area (Å²) < 4.78 is 9.96. The van der Waals surface area contributed by atoms with E-state index in [-0.39, 0.29) is 6.10 Å². The summed E-state index contributed by atoms with van der Waals surface area (Å²) in [7, 11) is 1.92. The molecule has 0 aliphatic carbocycles. The molecule has 4 rings (SSSR count). The lowest BCUT2D eigenvalue weighted by Crippen LogP contribution is -2.36. The van der Waals surface area contributed by atoms with Gasteiger partial charge in [0.25, 0.3) is 0 Å². The Morgan fingerprint density at radius 2 is 2.28 bits per heavy atom. The van der Waals surface area contributed by atoms with Gasteiger partial charge in [0.1, 0.15) is 12.4 Å². The van der Waals surface area contributed by atoms with E-state index in [1.54, 1.807) is 0 Å². The van der Waals surface area contributed by atoms with Gasteiger partial charge < -0.3 is 14.6 Å². The van der Waals surface area contributed by atoms with Gasteiger partial charge in [0.2, 0.25) is 0 Å². The molecular weight excluding hydrogens is 338 g/mol. The molecule has 0 spiro atoms. The second-order valence-corrected chi connectivity index (χ2v) is 6.70. The number of nitrogens with zero attached hydrogens (tertiary/aromatic N) is 4. The van der Waals surface area contributed by atoms with Crippen molar-refractivity contribution in [2.24, 2.45) is 7.05 Å². The SMILES string of the molecule is Cn1cc(CNCC2Cn3c(-c4cccc(Cl)c4)cnc3CO2)cn1. The molecule has 0 fully saturated rings. The Bertz CT molecular complexity index is 872. The average Bonchev–Trinajstić information content (AvgIpc) is 3.21. The molecule has 0 saturated heterocycles. The number of aromatic nitrogens is 4. The normalized spacial score (nSPS) is 16.8. The number of rotatable bonds is 5. The van der Waals surface area contributed by atoms with Gasteiger partial charge in [-0.25, -0.2) is 4.98 Å². The molecule has 1 aliphatic heterocycles. The highest BCUT2D eigenvalue weighted by Crippen LogP contribution is 2.26. The number of aryl methyl sites for hydroxylation is 1. The minimum absolute atomic E-state index is 0.108. The molecule has 0 radical (unpaired) electrons. The van der Waals surface area contributed by atoms with Gasteiger partial charge in [-0.05, 0) is 12.1 Å². The molecule has 6 nitrogen and oxygen atoms in total. The van der Waals surface area contributed by atoms with Gasteiger partial charge in [-0.2, -0.15) is 5.10 Å². The van der Waals surface area contributed by atoms with Crippen molar-refractivity contribution in [3.63, 3.8) is 0 Å². The fraction of sp³-hybridized carbons (Fsp3) is 0.333. The summed E-state index contributed by atoms with van der Waals surface area (Å²) in [4.78, 5) is 4.49. The largest absolute Gasteiger partial charge is 0.367 e. The minimum Gasteiger partial charge on any atom is -0.367 e. The molecule has 3 aromatic rings. The third kappa shape index (κ3) is 3.61. The van der Waals surface area contributed by atoms with Crippen molar-refractivity contribution in [3.8, 4) is 11.3 Å². The van der Waals surface area contributed by atoms with Gasteiger partial charge in [0, 0.05) is 42.5 Å². The fourth-order valence-electron chi connectivity index (χ4n) is 3.12. The van der Waals surface area contributed by atoms with Crippen LogP contribution in [0.5, 0.6) is 0 Å². The van der Waals surface area contributed by atoms with E-state index in [1.165, 1.54) is 5.56 Å². The van der Waals surface area contributed by atoms with Crippen LogP contribution in [0, 0.1) is 0 Å². The smallest absolute Gasteiger partial charge is 0.135 e. The molecule has 2 aromatic heterocycles. The number of ether oxygens (including phenoxy) is 1. The topological polar surface area (TPSA) is 56.9 Å². The number of halogens is 1. The van der Waals surface area contributed by atoms with Gasteiger partial charge in [-0.1, -0.05) is 23.7 Å². The molecule has 7 heteroatoms. The second-order valence-electron chi connectivity index (χ2n) is 6.27. The maximum atomic E-state index is 6.13. The zero-order valence-electron chi connectivity index (χ0n) is 14.0. The Hall–Kier alpha value is -2.15. The maximum absolute atomic E-state index is 6.13. The van der Waals surface area contributed by atoms with E-state index in [0.29, 0.717) is 6.61 Å². The Labute approximate surface area is 151 Å². The molecular formula is C18H20ClN5O. The first kappa shape index (κ1) is 16.3. The zero-order valence-corrected chi connectivity index (χ0v) is 14.8. The van der Waals surface area contributed by atoms with Crippen LogP contribution in [-0.2, 0) is 31.5 Å². The van der Waals surface area contributed by atoms with E-state index in [1.807, 2.05) is 48.5 Å². The highest BCUT2D eigenvalue weighted by Gasteiger charge is 2.22. The minimum atomic E-state index is 0.108. The summed E-state index contributed by atoms with van der Waals surface area (Å²) >= 11 is 6.13. The van der Waals surface area contributed by atoms with Crippen molar-refractivity contribution < 1.29 is 4.74 Å². The number of hydrogen-bond acceptors (Lipinski definition) is 4. The van der Waals surface area contributed by atoms with E-state index >= 15 is 0 Å². The van der Waals surface area contributed by atoms with Crippen LogP contribution in [0.1, 0.15) is 11.4 Å². The van der Waals surface area contributed by atoms with Crippen LogP contribution < -0.4 is 5.32 Å². The second kappa shape index (κ2) is 7.00.